The van der Waals surface area contributed by atoms with Crippen molar-refractivity contribution in [3.8, 4) is 0 Å². The first-order valence-corrected chi connectivity index (χ1v) is 6.24. The van der Waals surface area contributed by atoms with Gasteiger partial charge in [0.25, 0.3) is 0 Å². The number of carboxylic acid groups (broad SMARTS) is 1. The zero-order chi connectivity index (χ0) is 16.8. The summed E-state index contributed by atoms with van der Waals surface area (Å²) in [5.74, 6) is -1.91. The lowest BCUT2D eigenvalue weighted by molar-refractivity contribution is -0.192. The summed E-state index contributed by atoms with van der Waals surface area (Å²) in [6.07, 6.45) is 0.513. The Bertz CT molecular complexity index is 608. The molecular weight excluding hydrogens is 301 g/mol. The highest BCUT2D eigenvalue weighted by atomic mass is 19.4. The summed E-state index contributed by atoms with van der Waals surface area (Å²) in [5.41, 5.74) is 2.12. The Balaban J connectivity index is 0.000000295. The molecule has 2 rings (SSSR count). The van der Waals surface area contributed by atoms with Crippen LogP contribution in [0.5, 0.6) is 0 Å². The molecule has 2 aromatic heterocycles. The number of halogens is 3. The van der Waals surface area contributed by atoms with Gasteiger partial charge in [0.1, 0.15) is 5.82 Å². The van der Waals surface area contributed by atoms with Gasteiger partial charge in [0.2, 0.25) is 0 Å². The fraction of sp³-hybridized carbons (Fsp3) is 0.308. The molecule has 0 amide bonds. The molecular formula is C13H15F3N4O2. The molecule has 0 aromatic carbocycles. The number of aryl methyl sites for hydroxylation is 2. The van der Waals surface area contributed by atoms with E-state index in [2.05, 4.69) is 22.3 Å². The molecule has 0 saturated heterocycles. The van der Waals surface area contributed by atoms with Gasteiger partial charge < -0.3 is 10.4 Å². The number of alkyl halides is 3. The molecule has 9 heteroatoms. The fourth-order valence-corrected chi connectivity index (χ4v) is 1.29. The van der Waals surface area contributed by atoms with E-state index in [4.69, 9.17) is 9.90 Å². The van der Waals surface area contributed by atoms with E-state index in [1.165, 1.54) is 0 Å². The number of aliphatic carboxylic acids is 1. The van der Waals surface area contributed by atoms with Gasteiger partial charge in [-0.25, -0.2) is 9.78 Å². The number of pyridine rings is 1. The Morgan fingerprint density at radius 1 is 1.36 bits per heavy atom. The number of carboxylic acids is 1. The van der Waals surface area contributed by atoms with Gasteiger partial charge in [-0.1, -0.05) is 6.07 Å². The molecule has 6 nitrogen and oxygen atoms in total. The molecule has 0 aliphatic rings. The molecule has 120 valence electrons. The smallest absolute Gasteiger partial charge is 0.475 e. The number of nitrogens with one attached hydrogen (secondary N) is 1. The Kier molecular flexibility index (Phi) is 5.90. The molecule has 0 aliphatic carbocycles. The van der Waals surface area contributed by atoms with Crippen LogP contribution in [0, 0.1) is 6.92 Å². The van der Waals surface area contributed by atoms with Crippen LogP contribution >= 0.6 is 0 Å². The van der Waals surface area contributed by atoms with Crippen LogP contribution in [-0.2, 0) is 11.3 Å². The van der Waals surface area contributed by atoms with Crippen molar-refractivity contribution in [1.82, 2.24) is 14.8 Å². The highest BCUT2D eigenvalue weighted by Gasteiger charge is 2.38. The van der Waals surface area contributed by atoms with Crippen molar-refractivity contribution < 1.29 is 23.1 Å². The standard InChI is InChI=1S/C11H14N4.C2HF3O2/c1-3-15-8-10(7-13-15)14-11-5-4-9(2)6-12-11;3-2(4,5)1(6)7/h4-8H,3H2,1-2H3,(H,12,14);(H,6,7). The summed E-state index contributed by atoms with van der Waals surface area (Å²) >= 11 is 0. The first kappa shape index (κ1) is 17.5. The molecule has 2 N–H and O–H groups in total. The molecule has 22 heavy (non-hydrogen) atoms. The Hall–Kier alpha value is -2.58. The van der Waals surface area contributed by atoms with Crippen molar-refractivity contribution in [2.75, 3.05) is 5.32 Å². The monoisotopic (exact) mass is 316 g/mol. The van der Waals surface area contributed by atoms with Crippen molar-refractivity contribution in [1.29, 1.82) is 0 Å². The Labute approximate surface area is 124 Å². The van der Waals surface area contributed by atoms with Crippen LogP contribution in [0.2, 0.25) is 0 Å². The highest BCUT2D eigenvalue weighted by Crippen LogP contribution is 2.13. The van der Waals surface area contributed by atoms with Gasteiger partial charge >= 0.3 is 12.1 Å². The van der Waals surface area contributed by atoms with Crippen LogP contribution in [0.3, 0.4) is 0 Å². The van der Waals surface area contributed by atoms with E-state index < -0.39 is 12.1 Å². The molecule has 0 radical (unpaired) electrons. The summed E-state index contributed by atoms with van der Waals surface area (Å²) < 4.78 is 33.6. The average Bonchev–Trinajstić information content (AvgIpc) is 2.89. The van der Waals surface area contributed by atoms with Gasteiger partial charge in [0, 0.05) is 18.9 Å². The molecule has 0 fully saturated rings. The van der Waals surface area contributed by atoms with Crippen molar-refractivity contribution in [2.24, 2.45) is 0 Å². The minimum absolute atomic E-state index is 0.844. The summed E-state index contributed by atoms with van der Waals surface area (Å²) in [7, 11) is 0. The number of hydrogen-bond acceptors (Lipinski definition) is 4. The zero-order valence-electron chi connectivity index (χ0n) is 11.9. The maximum atomic E-state index is 10.6. The van der Waals surface area contributed by atoms with Crippen LogP contribution in [0.25, 0.3) is 0 Å². The molecule has 0 spiro atoms. The number of rotatable bonds is 3. The van der Waals surface area contributed by atoms with Crippen LogP contribution in [-0.4, -0.2) is 32.0 Å². The fourth-order valence-electron chi connectivity index (χ4n) is 1.29. The van der Waals surface area contributed by atoms with Crippen LogP contribution in [0.4, 0.5) is 24.7 Å². The third-order valence-corrected chi connectivity index (χ3v) is 2.38. The van der Waals surface area contributed by atoms with Gasteiger partial charge in [-0.3, -0.25) is 4.68 Å². The number of hydrogen-bond donors (Lipinski definition) is 2. The Morgan fingerprint density at radius 2 is 2.00 bits per heavy atom. The molecule has 0 aliphatic heterocycles. The van der Waals surface area contributed by atoms with E-state index in [0.717, 1.165) is 23.6 Å². The lowest BCUT2D eigenvalue weighted by Gasteiger charge is -2.01. The third-order valence-electron chi connectivity index (χ3n) is 2.38. The van der Waals surface area contributed by atoms with E-state index in [0.29, 0.717) is 0 Å². The van der Waals surface area contributed by atoms with Gasteiger partial charge in [-0.05, 0) is 25.5 Å². The highest BCUT2D eigenvalue weighted by molar-refractivity contribution is 5.73. The SMILES string of the molecule is CCn1cc(Nc2ccc(C)cn2)cn1.O=C(O)C(F)(F)F. The van der Waals surface area contributed by atoms with Gasteiger partial charge in [-0.2, -0.15) is 18.3 Å². The number of carbonyl (C=O) groups is 1. The van der Waals surface area contributed by atoms with E-state index in [1.54, 1.807) is 6.20 Å². The molecule has 2 heterocycles. The quantitative estimate of drug-likeness (QED) is 0.910. The third kappa shape index (κ3) is 5.81. The largest absolute Gasteiger partial charge is 0.490 e. The molecule has 0 saturated carbocycles. The van der Waals surface area contributed by atoms with E-state index in [9.17, 15) is 13.2 Å². The minimum atomic E-state index is -5.08. The predicted octanol–water partition coefficient (Wildman–Crippen LogP) is 2.98. The van der Waals surface area contributed by atoms with Gasteiger partial charge in [0.05, 0.1) is 11.9 Å². The summed E-state index contributed by atoms with van der Waals surface area (Å²) in [6, 6.07) is 3.98. The number of anilines is 2. The second kappa shape index (κ2) is 7.43. The van der Waals surface area contributed by atoms with E-state index >= 15 is 0 Å². The van der Waals surface area contributed by atoms with Gasteiger partial charge in [0.15, 0.2) is 0 Å². The Morgan fingerprint density at radius 3 is 2.41 bits per heavy atom. The molecule has 0 atom stereocenters. The summed E-state index contributed by atoms with van der Waals surface area (Å²) in [5, 5.41) is 14.5. The van der Waals surface area contributed by atoms with Crippen molar-refractivity contribution >= 4 is 17.5 Å². The predicted molar refractivity (Wildman–Crippen MR) is 73.8 cm³/mol. The van der Waals surface area contributed by atoms with Crippen molar-refractivity contribution in [3.05, 3.63) is 36.3 Å². The van der Waals surface area contributed by atoms with E-state index in [-0.39, 0.29) is 0 Å². The lowest BCUT2D eigenvalue weighted by atomic mass is 10.3. The van der Waals surface area contributed by atoms with Crippen molar-refractivity contribution in [2.45, 2.75) is 26.6 Å². The van der Waals surface area contributed by atoms with E-state index in [1.807, 2.05) is 36.1 Å². The van der Waals surface area contributed by atoms with Crippen molar-refractivity contribution in [3.63, 3.8) is 0 Å². The molecule has 0 unspecified atom stereocenters. The second-order valence-corrected chi connectivity index (χ2v) is 4.23. The maximum Gasteiger partial charge on any atom is 0.490 e. The minimum Gasteiger partial charge on any atom is -0.475 e. The molecule has 0 bridgehead atoms. The normalized spacial score (nSPS) is 10.6. The number of nitrogens with zero attached hydrogens (tertiary/aromatic N) is 3. The zero-order valence-corrected chi connectivity index (χ0v) is 11.9. The van der Waals surface area contributed by atoms with Crippen LogP contribution < -0.4 is 5.32 Å². The topological polar surface area (TPSA) is 80.0 Å². The first-order valence-electron chi connectivity index (χ1n) is 6.24. The average molecular weight is 316 g/mol. The summed E-state index contributed by atoms with van der Waals surface area (Å²) in [6.45, 7) is 4.95. The molecule has 2 aromatic rings. The summed E-state index contributed by atoms with van der Waals surface area (Å²) in [4.78, 5) is 13.2. The first-order chi connectivity index (χ1) is 10.2. The van der Waals surface area contributed by atoms with Gasteiger partial charge in [-0.15, -0.1) is 0 Å². The van der Waals surface area contributed by atoms with Crippen LogP contribution in [0.1, 0.15) is 12.5 Å². The van der Waals surface area contributed by atoms with Crippen LogP contribution in [0.15, 0.2) is 30.7 Å². The number of aromatic nitrogens is 3. The lowest BCUT2D eigenvalue weighted by Crippen LogP contribution is -2.21. The maximum absolute atomic E-state index is 10.6. The second-order valence-electron chi connectivity index (χ2n) is 4.23.